The van der Waals surface area contributed by atoms with Gasteiger partial charge in [-0.2, -0.15) is 0 Å². The zero-order chi connectivity index (χ0) is 14.0. The number of aryl methyl sites for hydroxylation is 1. The smallest absolute Gasteiger partial charge is 0.227 e. The van der Waals surface area contributed by atoms with Crippen LogP contribution in [0.15, 0.2) is 18.2 Å². The second-order valence-corrected chi connectivity index (χ2v) is 5.97. The van der Waals surface area contributed by atoms with E-state index < -0.39 is 0 Å². The van der Waals surface area contributed by atoms with E-state index in [0.717, 1.165) is 18.5 Å². The summed E-state index contributed by atoms with van der Waals surface area (Å²) < 4.78 is 0. The molecule has 0 saturated carbocycles. The Morgan fingerprint density at radius 3 is 2.68 bits per heavy atom. The van der Waals surface area contributed by atoms with Gasteiger partial charge in [-0.25, -0.2) is 0 Å². The minimum absolute atomic E-state index is 0.164. The second-order valence-electron chi connectivity index (χ2n) is 5.97. The van der Waals surface area contributed by atoms with Crippen LogP contribution < -0.4 is 16.4 Å². The topological polar surface area (TPSA) is 72.3 Å². The van der Waals surface area contributed by atoms with Gasteiger partial charge >= 0.3 is 0 Å². The van der Waals surface area contributed by atoms with Crippen LogP contribution in [-0.2, 0) is 17.6 Å². The van der Waals surface area contributed by atoms with Gasteiger partial charge in [-0.3, -0.25) is 4.79 Å². The summed E-state index contributed by atoms with van der Waals surface area (Å²) in [6.45, 7) is 5.08. The standard InChI is InChI=1S/C15H23N3O/c1-15(2,17)10-18-13-5-3-11(7-8-16)9-12(13)4-6-14(18)19/h3,5,9H,4,6-8,10,16-17H2,1-2H3. The molecule has 1 heterocycles. The highest BCUT2D eigenvalue weighted by atomic mass is 16.2. The molecule has 0 unspecified atom stereocenters. The van der Waals surface area contributed by atoms with Gasteiger partial charge < -0.3 is 16.4 Å². The van der Waals surface area contributed by atoms with Gasteiger partial charge in [0.1, 0.15) is 0 Å². The van der Waals surface area contributed by atoms with Crippen LogP contribution in [0.5, 0.6) is 0 Å². The summed E-state index contributed by atoms with van der Waals surface area (Å²) in [4.78, 5) is 13.9. The van der Waals surface area contributed by atoms with Crippen molar-refractivity contribution < 1.29 is 4.79 Å². The summed E-state index contributed by atoms with van der Waals surface area (Å²) in [7, 11) is 0. The lowest BCUT2D eigenvalue weighted by Crippen LogP contribution is -2.49. The van der Waals surface area contributed by atoms with Crippen LogP contribution in [0.4, 0.5) is 5.69 Å². The molecule has 0 aliphatic carbocycles. The molecule has 2 rings (SSSR count). The molecule has 0 atom stereocenters. The minimum atomic E-state index is -0.389. The number of amides is 1. The number of hydrogen-bond donors (Lipinski definition) is 2. The van der Waals surface area contributed by atoms with Crippen molar-refractivity contribution >= 4 is 11.6 Å². The Morgan fingerprint density at radius 1 is 1.32 bits per heavy atom. The molecule has 19 heavy (non-hydrogen) atoms. The molecule has 0 spiro atoms. The fourth-order valence-corrected chi connectivity index (χ4v) is 2.52. The fraction of sp³-hybridized carbons (Fsp3) is 0.533. The molecule has 1 aliphatic heterocycles. The third-order valence-electron chi connectivity index (χ3n) is 3.34. The molecule has 1 aromatic rings. The summed E-state index contributed by atoms with van der Waals surface area (Å²) in [5, 5.41) is 0. The molecule has 0 aromatic heterocycles. The van der Waals surface area contributed by atoms with Crippen molar-refractivity contribution in [3.63, 3.8) is 0 Å². The van der Waals surface area contributed by atoms with Crippen LogP contribution in [0.1, 0.15) is 31.4 Å². The van der Waals surface area contributed by atoms with E-state index in [4.69, 9.17) is 11.5 Å². The maximum Gasteiger partial charge on any atom is 0.227 e. The Balaban J connectivity index is 2.31. The number of nitrogens with zero attached hydrogens (tertiary/aromatic N) is 1. The molecule has 1 aromatic carbocycles. The average molecular weight is 261 g/mol. The molecule has 4 nitrogen and oxygen atoms in total. The number of hydrogen-bond acceptors (Lipinski definition) is 3. The van der Waals surface area contributed by atoms with Gasteiger partial charge in [-0.15, -0.1) is 0 Å². The molecule has 4 N–H and O–H groups in total. The van der Waals surface area contributed by atoms with E-state index >= 15 is 0 Å². The first kappa shape index (κ1) is 14.0. The van der Waals surface area contributed by atoms with Crippen molar-refractivity contribution in [3.05, 3.63) is 29.3 Å². The first-order valence-electron chi connectivity index (χ1n) is 6.82. The quantitative estimate of drug-likeness (QED) is 0.855. The van der Waals surface area contributed by atoms with Gasteiger partial charge in [-0.1, -0.05) is 12.1 Å². The molecule has 1 amide bonds. The third kappa shape index (κ3) is 3.33. The molecule has 0 fully saturated rings. The van der Waals surface area contributed by atoms with E-state index in [9.17, 15) is 4.79 Å². The molecule has 0 radical (unpaired) electrons. The van der Waals surface area contributed by atoms with Crippen molar-refractivity contribution in [2.24, 2.45) is 11.5 Å². The van der Waals surface area contributed by atoms with Gasteiger partial charge in [-0.05, 0) is 50.4 Å². The molecule has 104 valence electrons. The van der Waals surface area contributed by atoms with E-state index in [2.05, 4.69) is 12.1 Å². The molecule has 1 aliphatic rings. The predicted molar refractivity (Wildman–Crippen MR) is 78.1 cm³/mol. The lowest BCUT2D eigenvalue weighted by Gasteiger charge is -2.34. The number of carbonyl (C=O) groups is 1. The molecule has 0 saturated heterocycles. The number of rotatable bonds is 4. The monoisotopic (exact) mass is 261 g/mol. The van der Waals surface area contributed by atoms with Crippen LogP contribution in [-0.4, -0.2) is 24.5 Å². The van der Waals surface area contributed by atoms with E-state index in [0.29, 0.717) is 19.5 Å². The van der Waals surface area contributed by atoms with Gasteiger partial charge in [0, 0.05) is 24.2 Å². The van der Waals surface area contributed by atoms with Crippen LogP contribution in [0, 0.1) is 0 Å². The van der Waals surface area contributed by atoms with Crippen molar-refractivity contribution in [2.45, 2.75) is 38.6 Å². The molecule has 0 bridgehead atoms. The van der Waals surface area contributed by atoms with Crippen molar-refractivity contribution in [1.82, 2.24) is 0 Å². The lowest BCUT2D eigenvalue weighted by atomic mass is 9.96. The number of anilines is 1. The highest BCUT2D eigenvalue weighted by molar-refractivity contribution is 5.96. The first-order chi connectivity index (χ1) is 8.90. The predicted octanol–water partition coefficient (Wildman–Crippen LogP) is 1.20. The number of nitrogens with two attached hydrogens (primary N) is 2. The van der Waals surface area contributed by atoms with Gasteiger partial charge in [0.25, 0.3) is 0 Å². The van der Waals surface area contributed by atoms with Crippen LogP contribution in [0.25, 0.3) is 0 Å². The van der Waals surface area contributed by atoms with Gasteiger partial charge in [0.15, 0.2) is 0 Å². The van der Waals surface area contributed by atoms with Gasteiger partial charge in [0.05, 0.1) is 0 Å². The molecular weight excluding hydrogens is 238 g/mol. The number of benzene rings is 1. The van der Waals surface area contributed by atoms with Crippen molar-refractivity contribution in [2.75, 3.05) is 18.0 Å². The molecular formula is C15H23N3O. The zero-order valence-corrected chi connectivity index (χ0v) is 11.8. The Morgan fingerprint density at radius 2 is 2.05 bits per heavy atom. The Hall–Kier alpha value is -1.39. The summed E-state index contributed by atoms with van der Waals surface area (Å²) in [6.07, 6.45) is 2.26. The average Bonchev–Trinajstić information content (AvgIpc) is 2.32. The minimum Gasteiger partial charge on any atom is -0.330 e. The Labute approximate surface area is 114 Å². The third-order valence-corrected chi connectivity index (χ3v) is 3.34. The summed E-state index contributed by atoms with van der Waals surface area (Å²) in [5.41, 5.74) is 14.7. The maximum atomic E-state index is 12.1. The van der Waals surface area contributed by atoms with Crippen molar-refractivity contribution in [1.29, 1.82) is 0 Å². The second kappa shape index (κ2) is 5.31. The van der Waals surface area contributed by atoms with Crippen LogP contribution >= 0.6 is 0 Å². The fourth-order valence-electron chi connectivity index (χ4n) is 2.52. The number of fused-ring (bicyclic) bond motifs is 1. The van der Waals surface area contributed by atoms with Crippen LogP contribution in [0.3, 0.4) is 0 Å². The summed E-state index contributed by atoms with van der Waals surface area (Å²) >= 11 is 0. The largest absolute Gasteiger partial charge is 0.330 e. The van der Waals surface area contributed by atoms with Crippen molar-refractivity contribution in [3.8, 4) is 0 Å². The Bertz CT molecular complexity index is 477. The van der Waals surface area contributed by atoms with E-state index in [1.54, 1.807) is 0 Å². The highest BCUT2D eigenvalue weighted by Crippen LogP contribution is 2.29. The maximum absolute atomic E-state index is 12.1. The zero-order valence-electron chi connectivity index (χ0n) is 11.8. The summed E-state index contributed by atoms with van der Waals surface area (Å²) in [6, 6.07) is 6.26. The number of carbonyl (C=O) groups excluding carboxylic acids is 1. The summed E-state index contributed by atoms with van der Waals surface area (Å²) in [5.74, 6) is 0.164. The molecule has 4 heteroatoms. The normalized spacial score (nSPS) is 15.6. The van der Waals surface area contributed by atoms with Gasteiger partial charge in [0.2, 0.25) is 5.91 Å². The Kier molecular flexibility index (Phi) is 3.92. The van der Waals surface area contributed by atoms with E-state index in [1.807, 2.05) is 24.8 Å². The van der Waals surface area contributed by atoms with Crippen LogP contribution in [0.2, 0.25) is 0 Å². The first-order valence-corrected chi connectivity index (χ1v) is 6.82. The highest BCUT2D eigenvalue weighted by Gasteiger charge is 2.27. The lowest BCUT2D eigenvalue weighted by molar-refractivity contribution is -0.119. The van der Waals surface area contributed by atoms with E-state index in [-0.39, 0.29) is 11.4 Å². The SMILES string of the molecule is CC(C)(N)CN1C(=O)CCc2cc(CCN)ccc21. The van der Waals surface area contributed by atoms with E-state index in [1.165, 1.54) is 11.1 Å².